The quantitative estimate of drug-likeness (QED) is 0.412. The first-order chi connectivity index (χ1) is 6.11. The molecule has 0 radical (unpaired) electrons. The van der Waals surface area contributed by atoms with Gasteiger partial charge in [-0.2, -0.15) is 0 Å². The third-order valence-corrected chi connectivity index (χ3v) is 2.33. The molecule has 0 N–H and O–H groups in total. The number of carbonyl (C=O) groups is 1. The highest BCUT2D eigenvalue weighted by Crippen LogP contribution is 2.15. The van der Waals surface area contributed by atoms with Crippen LogP contribution < -0.4 is 0 Å². The van der Waals surface area contributed by atoms with Gasteiger partial charge in [-0.25, -0.2) is 0 Å². The highest BCUT2D eigenvalue weighted by molar-refractivity contribution is 8.23. The minimum Gasteiger partial charge on any atom is -0.479 e. The van der Waals surface area contributed by atoms with Crippen LogP contribution in [0, 0.1) is 0 Å². The van der Waals surface area contributed by atoms with E-state index in [1.165, 1.54) is 0 Å². The third kappa shape index (κ3) is 5.65. The predicted molar refractivity (Wildman–Crippen MR) is 57.6 cm³/mol. The van der Waals surface area contributed by atoms with Crippen LogP contribution in [0.5, 0.6) is 0 Å². The molecule has 0 aliphatic heterocycles. The number of carbonyl (C=O) groups excluding carboxylic acids is 1. The smallest absolute Gasteiger partial charge is 0.324 e. The van der Waals surface area contributed by atoms with Gasteiger partial charge in [-0.3, -0.25) is 4.79 Å². The van der Waals surface area contributed by atoms with E-state index in [9.17, 15) is 4.79 Å². The van der Waals surface area contributed by atoms with Crippen molar-refractivity contribution in [3.63, 3.8) is 0 Å². The van der Waals surface area contributed by atoms with Crippen molar-refractivity contribution in [3.05, 3.63) is 12.8 Å². The van der Waals surface area contributed by atoms with E-state index in [2.05, 4.69) is 11.3 Å². The molecule has 3 nitrogen and oxygen atoms in total. The van der Waals surface area contributed by atoms with E-state index in [1.54, 1.807) is 6.92 Å². The van der Waals surface area contributed by atoms with Crippen LogP contribution >= 0.6 is 24.0 Å². The fourth-order valence-corrected chi connectivity index (χ4v) is 1.70. The molecule has 13 heavy (non-hydrogen) atoms. The van der Waals surface area contributed by atoms with Crippen LogP contribution in [0.4, 0.5) is 0 Å². The van der Waals surface area contributed by atoms with Gasteiger partial charge in [-0.1, -0.05) is 18.3 Å². The fourth-order valence-electron chi connectivity index (χ4n) is 0.522. The third-order valence-electron chi connectivity index (χ3n) is 1.07. The summed E-state index contributed by atoms with van der Waals surface area (Å²) in [5.74, 6) is -0.373. The number of thioether (sulfide) groups is 1. The van der Waals surface area contributed by atoms with E-state index in [0.29, 0.717) is 11.0 Å². The predicted octanol–water partition coefficient (Wildman–Crippen LogP) is 2.12. The minimum atomic E-state index is -0.373. The van der Waals surface area contributed by atoms with E-state index in [-0.39, 0.29) is 11.2 Å². The Kier molecular flexibility index (Phi) is 6.62. The van der Waals surface area contributed by atoms with Crippen LogP contribution in [0.3, 0.4) is 0 Å². The molecule has 0 aromatic heterocycles. The summed E-state index contributed by atoms with van der Waals surface area (Å²) in [4.78, 5) is 11.1. The lowest BCUT2D eigenvalue weighted by atomic mass is 10.5. The summed E-state index contributed by atoms with van der Waals surface area (Å²) in [7, 11) is 0. The van der Waals surface area contributed by atoms with Crippen LogP contribution in [0.25, 0.3) is 0 Å². The van der Waals surface area contributed by atoms with E-state index < -0.39 is 0 Å². The van der Waals surface area contributed by atoms with Gasteiger partial charge in [0.05, 0.1) is 12.9 Å². The number of hydrogen-bond acceptors (Lipinski definition) is 5. The van der Waals surface area contributed by atoms with Crippen LogP contribution in [0.1, 0.15) is 13.8 Å². The second-order valence-corrected chi connectivity index (χ2v) is 3.99. The zero-order valence-electron chi connectivity index (χ0n) is 7.61. The van der Waals surface area contributed by atoms with Gasteiger partial charge >= 0.3 is 5.97 Å². The summed E-state index contributed by atoms with van der Waals surface area (Å²) < 4.78 is 9.93. The van der Waals surface area contributed by atoms with Gasteiger partial charge < -0.3 is 9.47 Å². The van der Waals surface area contributed by atoms with Gasteiger partial charge in [0.2, 0.25) is 4.38 Å². The summed E-state index contributed by atoms with van der Waals surface area (Å²) in [5, 5.41) is -0.364. The van der Waals surface area contributed by atoms with Crippen molar-refractivity contribution < 1.29 is 14.3 Å². The Bertz CT molecular complexity index is 204. The number of esters is 1. The summed E-state index contributed by atoms with van der Waals surface area (Å²) in [6, 6.07) is 0. The summed E-state index contributed by atoms with van der Waals surface area (Å²) in [5.41, 5.74) is 0. The molecule has 0 aromatic carbocycles. The van der Waals surface area contributed by atoms with E-state index in [4.69, 9.17) is 17.0 Å². The van der Waals surface area contributed by atoms with E-state index >= 15 is 0 Å². The summed E-state index contributed by atoms with van der Waals surface area (Å²) >= 11 is 6.00. The Morgan fingerprint density at radius 3 is 2.85 bits per heavy atom. The van der Waals surface area contributed by atoms with Crippen molar-refractivity contribution in [2.75, 3.05) is 6.61 Å². The van der Waals surface area contributed by atoms with Crippen molar-refractivity contribution in [1.82, 2.24) is 0 Å². The average molecular weight is 220 g/mol. The van der Waals surface area contributed by atoms with Gasteiger partial charge in [0.1, 0.15) is 5.25 Å². The largest absolute Gasteiger partial charge is 0.479 e. The number of hydrogen-bond donors (Lipinski definition) is 0. The summed E-state index contributed by atoms with van der Waals surface area (Å²) in [6.45, 7) is 7.32. The second-order valence-electron chi connectivity index (χ2n) is 2.05. The molecule has 0 spiro atoms. The van der Waals surface area contributed by atoms with Crippen LogP contribution in [-0.2, 0) is 14.3 Å². The first-order valence-electron chi connectivity index (χ1n) is 3.76. The maximum absolute atomic E-state index is 11.1. The first-order valence-corrected chi connectivity index (χ1v) is 5.05. The summed E-state index contributed by atoms with van der Waals surface area (Å²) in [6.07, 6.45) is 1.10. The Balaban J connectivity index is 3.84. The monoisotopic (exact) mass is 220 g/mol. The molecule has 74 valence electrons. The molecule has 5 heteroatoms. The van der Waals surface area contributed by atoms with Crippen molar-refractivity contribution in [2.45, 2.75) is 19.1 Å². The average Bonchev–Trinajstić information content (AvgIpc) is 2.05. The zero-order chi connectivity index (χ0) is 10.3. The highest BCUT2D eigenvalue weighted by atomic mass is 32.2. The molecule has 0 amide bonds. The first kappa shape index (κ1) is 12.4. The van der Waals surface area contributed by atoms with Crippen molar-refractivity contribution in [2.24, 2.45) is 0 Å². The van der Waals surface area contributed by atoms with Crippen molar-refractivity contribution in [3.8, 4) is 0 Å². The molecule has 0 aliphatic carbocycles. The number of rotatable bonds is 4. The minimum absolute atomic E-state index is 0.357. The Hall–Kier alpha value is -0.550. The fraction of sp³-hybridized carbons (Fsp3) is 0.500. The van der Waals surface area contributed by atoms with Crippen molar-refractivity contribution >= 4 is 34.3 Å². The standard InChI is InChI=1S/C8H12O3S2/c1-4-10-7(9)6(3)13-8(12)11-5-2/h4,6H,1,5H2,2-3H3. The van der Waals surface area contributed by atoms with Crippen LogP contribution in [0.15, 0.2) is 12.8 Å². The molecule has 0 aliphatic rings. The lowest BCUT2D eigenvalue weighted by Gasteiger charge is -2.09. The molecule has 0 fully saturated rings. The van der Waals surface area contributed by atoms with Gasteiger partial charge in [-0.05, 0) is 26.1 Å². The van der Waals surface area contributed by atoms with Gasteiger partial charge in [-0.15, -0.1) is 0 Å². The Morgan fingerprint density at radius 1 is 1.77 bits per heavy atom. The zero-order valence-corrected chi connectivity index (χ0v) is 9.24. The van der Waals surface area contributed by atoms with E-state index in [1.807, 2.05) is 6.92 Å². The lowest BCUT2D eigenvalue weighted by Crippen LogP contribution is -2.16. The van der Waals surface area contributed by atoms with Crippen LogP contribution in [-0.4, -0.2) is 22.2 Å². The molecule has 0 rings (SSSR count). The normalized spacial score (nSPS) is 11.5. The second kappa shape index (κ2) is 6.91. The van der Waals surface area contributed by atoms with Gasteiger partial charge in [0, 0.05) is 0 Å². The molecule has 0 saturated heterocycles. The van der Waals surface area contributed by atoms with Crippen molar-refractivity contribution in [1.29, 1.82) is 0 Å². The molecular formula is C8H12O3S2. The SMILES string of the molecule is C=COC(=O)C(C)SC(=S)OCC. The molecular weight excluding hydrogens is 208 g/mol. The Labute approximate surface area is 87.5 Å². The van der Waals surface area contributed by atoms with Gasteiger partial charge in [0.15, 0.2) is 0 Å². The highest BCUT2D eigenvalue weighted by Gasteiger charge is 2.16. The molecule has 1 atom stereocenters. The Morgan fingerprint density at radius 2 is 2.38 bits per heavy atom. The number of thiocarbonyl (C=S) groups is 1. The van der Waals surface area contributed by atoms with Crippen LogP contribution in [0.2, 0.25) is 0 Å². The lowest BCUT2D eigenvalue weighted by molar-refractivity contribution is -0.136. The molecule has 0 saturated carbocycles. The molecule has 0 bridgehead atoms. The van der Waals surface area contributed by atoms with Gasteiger partial charge in [0.25, 0.3) is 0 Å². The maximum atomic E-state index is 11.1. The number of ether oxygens (including phenoxy) is 2. The maximum Gasteiger partial charge on any atom is 0.324 e. The molecule has 1 unspecified atom stereocenters. The van der Waals surface area contributed by atoms with E-state index in [0.717, 1.165) is 18.0 Å². The molecule has 0 heterocycles. The topological polar surface area (TPSA) is 35.5 Å². The molecule has 0 aromatic rings.